The van der Waals surface area contributed by atoms with E-state index in [0.717, 1.165) is 12.1 Å². The summed E-state index contributed by atoms with van der Waals surface area (Å²) in [7, 11) is 1.53. The molecule has 20 heavy (non-hydrogen) atoms. The minimum atomic E-state index is -0.470. The number of halogens is 3. The minimum Gasteiger partial charge on any atom is -0.495 e. The topological polar surface area (TPSA) is 21.3 Å². The Bertz CT molecular complexity index is 619. The largest absolute Gasteiger partial charge is 0.495 e. The first-order chi connectivity index (χ1) is 9.51. The lowest BCUT2D eigenvalue weighted by atomic mass is 10.1. The van der Waals surface area contributed by atoms with Crippen molar-refractivity contribution >= 4 is 17.3 Å². The Morgan fingerprint density at radius 2 is 1.90 bits per heavy atom. The highest BCUT2D eigenvalue weighted by molar-refractivity contribution is 6.32. The normalized spacial score (nSPS) is 12.1. The van der Waals surface area contributed by atoms with Crippen LogP contribution >= 0.6 is 11.6 Å². The molecule has 0 radical (unpaired) electrons. The molecule has 106 valence electrons. The Kier molecular flexibility index (Phi) is 4.45. The highest BCUT2D eigenvalue weighted by Gasteiger charge is 2.12. The summed E-state index contributed by atoms with van der Waals surface area (Å²) in [5.41, 5.74) is 0.962. The van der Waals surface area contributed by atoms with Crippen LogP contribution in [0, 0.1) is 11.6 Å². The van der Waals surface area contributed by atoms with Crippen molar-refractivity contribution in [2.24, 2.45) is 0 Å². The van der Waals surface area contributed by atoms with Crippen LogP contribution in [0.5, 0.6) is 5.75 Å². The molecule has 2 aromatic rings. The average molecular weight is 298 g/mol. The van der Waals surface area contributed by atoms with Crippen LogP contribution in [0.4, 0.5) is 14.5 Å². The Labute approximate surface area is 121 Å². The Morgan fingerprint density at radius 3 is 2.55 bits per heavy atom. The van der Waals surface area contributed by atoms with Gasteiger partial charge in [-0.25, -0.2) is 8.78 Å². The van der Waals surface area contributed by atoms with E-state index in [-0.39, 0.29) is 5.56 Å². The molecule has 1 atom stereocenters. The molecule has 1 N–H and O–H groups in total. The van der Waals surface area contributed by atoms with Gasteiger partial charge in [-0.05, 0) is 43.3 Å². The average Bonchev–Trinajstić information content (AvgIpc) is 2.41. The van der Waals surface area contributed by atoms with Gasteiger partial charge in [-0.15, -0.1) is 0 Å². The second-order valence-corrected chi connectivity index (χ2v) is 4.79. The monoisotopic (exact) mass is 297 g/mol. The van der Waals surface area contributed by atoms with Crippen LogP contribution in [-0.2, 0) is 0 Å². The van der Waals surface area contributed by atoms with Crippen LogP contribution in [-0.4, -0.2) is 7.11 Å². The van der Waals surface area contributed by atoms with E-state index in [1.165, 1.54) is 13.2 Å². The van der Waals surface area contributed by atoms with Gasteiger partial charge < -0.3 is 10.1 Å². The maximum Gasteiger partial charge on any atom is 0.137 e. The molecule has 2 nitrogen and oxygen atoms in total. The van der Waals surface area contributed by atoms with E-state index in [2.05, 4.69) is 5.32 Å². The van der Waals surface area contributed by atoms with Gasteiger partial charge in [-0.2, -0.15) is 0 Å². The number of hydrogen-bond acceptors (Lipinski definition) is 2. The van der Waals surface area contributed by atoms with Gasteiger partial charge in [0.2, 0.25) is 0 Å². The van der Waals surface area contributed by atoms with E-state index in [4.69, 9.17) is 16.3 Å². The minimum absolute atomic E-state index is 0.261. The molecular weight excluding hydrogens is 284 g/mol. The van der Waals surface area contributed by atoms with Gasteiger partial charge in [0.15, 0.2) is 0 Å². The molecule has 2 rings (SSSR count). The second-order valence-electron chi connectivity index (χ2n) is 4.38. The fraction of sp³-hybridized carbons (Fsp3) is 0.200. The van der Waals surface area contributed by atoms with E-state index >= 15 is 0 Å². The van der Waals surface area contributed by atoms with Crippen LogP contribution in [0.3, 0.4) is 0 Å². The molecule has 0 saturated carbocycles. The number of ether oxygens (including phenoxy) is 1. The van der Waals surface area contributed by atoms with Crippen LogP contribution in [0.2, 0.25) is 5.02 Å². The van der Waals surface area contributed by atoms with Gasteiger partial charge in [-0.1, -0.05) is 11.6 Å². The quantitative estimate of drug-likeness (QED) is 0.875. The molecule has 0 amide bonds. The molecule has 0 aromatic heterocycles. The second kappa shape index (κ2) is 6.09. The molecule has 0 aliphatic rings. The van der Waals surface area contributed by atoms with Crippen molar-refractivity contribution in [1.82, 2.24) is 0 Å². The Morgan fingerprint density at radius 1 is 1.15 bits per heavy atom. The third-order valence-electron chi connectivity index (χ3n) is 2.96. The molecule has 0 bridgehead atoms. The predicted octanol–water partition coefficient (Wildman–Crippen LogP) is 4.80. The van der Waals surface area contributed by atoms with Crippen molar-refractivity contribution in [3.63, 3.8) is 0 Å². The molecule has 5 heteroatoms. The zero-order valence-corrected chi connectivity index (χ0v) is 11.8. The third kappa shape index (κ3) is 3.20. The van der Waals surface area contributed by atoms with Crippen molar-refractivity contribution in [2.75, 3.05) is 12.4 Å². The first-order valence-electron chi connectivity index (χ1n) is 6.06. The van der Waals surface area contributed by atoms with Gasteiger partial charge in [0.25, 0.3) is 0 Å². The third-order valence-corrected chi connectivity index (χ3v) is 3.25. The van der Waals surface area contributed by atoms with E-state index in [1.807, 2.05) is 0 Å². The molecule has 0 heterocycles. The molecule has 0 spiro atoms. The van der Waals surface area contributed by atoms with Gasteiger partial charge in [0.1, 0.15) is 17.4 Å². The summed E-state index contributed by atoms with van der Waals surface area (Å²) in [6.45, 7) is 1.75. The van der Waals surface area contributed by atoms with Crippen molar-refractivity contribution in [2.45, 2.75) is 13.0 Å². The first-order valence-corrected chi connectivity index (χ1v) is 6.44. The molecule has 2 aromatic carbocycles. The van der Waals surface area contributed by atoms with Crippen LogP contribution in [0.1, 0.15) is 18.5 Å². The van der Waals surface area contributed by atoms with E-state index in [1.54, 1.807) is 25.1 Å². The van der Waals surface area contributed by atoms with Crippen molar-refractivity contribution in [3.8, 4) is 5.75 Å². The maximum absolute atomic E-state index is 13.7. The zero-order valence-electron chi connectivity index (χ0n) is 11.1. The molecule has 0 aliphatic heterocycles. The fourth-order valence-corrected chi connectivity index (χ4v) is 2.19. The number of benzene rings is 2. The first kappa shape index (κ1) is 14.6. The van der Waals surface area contributed by atoms with E-state index in [9.17, 15) is 8.78 Å². The lowest BCUT2D eigenvalue weighted by Crippen LogP contribution is -2.09. The maximum atomic E-state index is 13.7. The molecular formula is C15H14ClF2NO. The smallest absolute Gasteiger partial charge is 0.137 e. The van der Waals surface area contributed by atoms with Crippen molar-refractivity contribution < 1.29 is 13.5 Å². The summed E-state index contributed by atoms with van der Waals surface area (Å²) >= 11 is 6.02. The van der Waals surface area contributed by atoms with Crippen molar-refractivity contribution in [3.05, 3.63) is 58.6 Å². The zero-order chi connectivity index (χ0) is 14.7. The number of rotatable bonds is 4. The van der Waals surface area contributed by atoms with Crippen molar-refractivity contribution in [1.29, 1.82) is 0 Å². The summed E-state index contributed by atoms with van der Waals surface area (Å²) in [4.78, 5) is 0. The Balaban J connectivity index is 2.21. The summed E-state index contributed by atoms with van der Waals surface area (Å²) in [6.07, 6.45) is 0. The summed E-state index contributed by atoms with van der Waals surface area (Å²) in [5, 5.41) is 3.52. The molecule has 0 saturated heterocycles. The van der Waals surface area contributed by atoms with Crippen LogP contribution in [0.25, 0.3) is 0 Å². The van der Waals surface area contributed by atoms with Gasteiger partial charge >= 0.3 is 0 Å². The van der Waals surface area contributed by atoms with Gasteiger partial charge in [0, 0.05) is 11.3 Å². The Hall–Kier alpha value is -1.81. The van der Waals surface area contributed by atoms with Crippen LogP contribution in [0.15, 0.2) is 36.4 Å². The molecule has 1 unspecified atom stereocenters. The summed E-state index contributed by atoms with van der Waals surface area (Å²) < 4.78 is 31.9. The number of anilines is 1. The highest BCUT2D eigenvalue weighted by Crippen LogP contribution is 2.29. The fourth-order valence-electron chi connectivity index (χ4n) is 1.93. The number of nitrogens with one attached hydrogen (secondary N) is 1. The summed E-state index contributed by atoms with van der Waals surface area (Å²) in [6, 6.07) is 8.14. The molecule has 0 fully saturated rings. The van der Waals surface area contributed by atoms with Gasteiger partial charge in [-0.3, -0.25) is 0 Å². The van der Waals surface area contributed by atoms with E-state index < -0.39 is 17.7 Å². The lowest BCUT2D eigenvalue weighted by Gasteiger charge is -2.17. The van der Waals surface area contributed by atoms with E-state index in [0.29, 0.717) is 16.5 Å². The number of hydrogen-bond donors (Lipinski definition) is 1. The van der Waals surface area contributed by atoms with Gasteiger partial charge in [0.05, 0.1) is 18.2 Å². The standard InChI is InChI=1S/C15H14ClF2NO/c1-9(12-7-10(17)3-5-14(12)18)19-11-4-6-15(20-2)13(16)8-11/h3-9,19H,1-2H3. The lowest BCUT2D eigenvalue weighted by molar-refractivity contribution is 0.415. The predicted molar refractivity (Wildman–Crippen MR) is 76.4 cm³/mol. The summed E-state index contributed by atoms with van der Waals surface area (Å²) in [5.74, 6) is -0.365. The van der Waals surface area contributed by atoms with Crippen LogP contribution < -0.4 is 10.1 Å². The number of methoxy groups -OCH3 is 1. The molecule has 0 aliphatic carbocycles. The SMILES string of the molecule is COc1ccc(NC(C)c2cc(F)ccc2F)cc1Cl. The highest BCUT2D eigenvalue weighted by atomic mass is 35.5.